The highest BCUT2D eigenvalue weighted by Gasteiger charge is 2.14. The number of hydrogen-bond donors (Lipinski definition) is 2. The van der Waals surface area contributed by atoms with Gasteiger partial charge in [-0.1, -0.05) is 25.1 Å². The maximum absolute atomic E-state index is 11.4. The van der Waals surface area contributed by atoms with Crippen molar-refractivity contribution in [3.05, 3.63) is 36.5 Å². The van der Waals surface area contributed by atoms with Crippen molar-refractivity contribution in [1.82, 2.24) is 10.3 Å². The Morgan fingerprint density at radius 2 is 2.19 bits per heavy atom. The first-order valence-corrected chi connectivity index (χ1v) is 7.21. The maximum Gasteiger partial charge on any atom is 0.234 e. The molecular weight excluding hydrogens is 266 g/mol. The second-order valence-electron chi connectivity index (χ2n) is 4.88. The number of aromatic nitrogens is 1. The first kappa shape index (κ1) is 15.3. The van der Waals surface area contributed by atoms with E-state index in [2.05, 4.69) is 10.3 Å². The summed E-state index contributed by atoms with van der Waals surface area (Å²) in [6, 6.07) is 9.33. The summed E-state index contributed by atoms with van der Waals surface area (Å²) in [7, 11) is 0. The topological polar surface area (TPSA) is 77.2 Å². The van der Waals surface area contributed by atoms with Gasteiger partial charge >= 0.3 is 0 Å². The van der Waals surface area contributed by atoms with Crippen molar-refractivity contribution in [2.45, 2.75) is 25.8 Å². The number of carbonyl (C=O) groups is 1. The van der Waals surface area contributed by atoms with Crippen LogP contribution < -0.4 is 15.8 Å². The second-order valence-corrected chi connectivity index (χ2v) is 4.88. The zero-order valence-electron chi connectivity index (χ0n) is 12.2. The predicted octanol–water partition coefficient (Wildman–Crippen LogP) is 1.86. The summed E-state index contributed by atoms with van der Waals surface area (Å²) < 4.78 is 5.77. The second kappa shape index (κ2) is 7.59. The average Bonchev–Trinajstić information content (AvgIpc) is 2.50. The van der Waals surface area contributed by atoms with Crippen LogP contribution >= 0.6 is 0 Å². The highest BCUT2D eigenvalue weighted by molar-refractivity contribution is 5.84. The summed E-state index contributed by atoms with van der Waals surface area (Å²) in [5.74, 6) is 0.384. The minimum absolute atomic E-state index is 0.344. The zero-order chi connectivity index (χ0) is 15.1. The van der Waals surface area contributed by atoms with Crippen LogP contribution in [0, 0.1) is 0 Å². The maximum atomic E-state index is 11.4. The lowest BCUT2D eigenvalue weighted by Gasteiger charge is -2.15. The summed E-state index contributed by atoms with van der Waals surface area (Å²) in [4.78, 5) is 15.7. The van der Waals surface area contributed by atoms with E-state index in [1.54, 1.807) is 6.20 Å². The molecule has 2 aromatic rings. The average molecular weight is 287 g/mol. The molecule has 0 aliphatic rings. The van der Waals surface area contributed by atoms with Gasteiger partial charge in [-0.05, 0) is 25.1 Å². The van der Waals surface area contributed by atoms with Crippen LogP contribution in [0.3, 0.4) is 0 Å². The molecule has 0 radical (unpaired) electrons. The Labute approximate surface area is 124 Å². The van der Waals surface area contributed by atoms with Crippen molar-refractivity contribution in [2.24, 2.45) is 5.73 Å². The van der Waals surface area contributed by atoms with Gasteiger partial charge in [-0.3, -0.25) is 9.78 Å². The molecule has 0 fully saturated rings. The number of carbonyl (C=O) groups excluding carboxylic acids is 1. The molecule has 1 atom stereocenters. The van der Waals surface area contributed by atoms with Crippen LogP contribution in [0.1, 0.15) is 19.8 Å². The summed E-state index contributed by atoms with van der Waals surface area (Å²) in [5, 5.41) is 4.16. The number of rotatable bonds is 8. The third-order valence-electron chi connectivity index (χ3n) is 3.24. The smallest absolute Gasteiger partial charge is 0.234 e. The Bertz CT molecular complexity index is 596. The minimum Gasteiger partial charge on any atom is -0.491 e. The van der Waals surface area contributed by atoms with Gasteiger partial charge in [-0.15, -0.1) is 0 Å². The molecule has 5 nitrogen and oxygen atoms in total. The molecule has 0 aliphatic carbocycles. The molecule has 1 aromatic heterocycles. The summed E-state index contributed by atoms with van der Waals surface area (Å²) in [6.07, 6.45) is 3.24. The van der Waals surface area contributed by atoms with Crippen molar-refractivity contribution in [1.29, 1.82) is 0 Å². The number of amides is 1. The predicted molar refractivity (Wildman–Crippen MR) is 83.1 cm³/mol. The molecule has 21 heavy (non-hydrogen) atoms. The van der Waals surface area contributed by atoms with Crippen LogP contribution in [-0.2, 0) is 4.79 Å². The van der Waals surface area contributed by atoms with E-state index < -0.39 is 0 Å². The SMILES string of the molecule is CCCNC(CCOc1cccc2cccnc12)C(N)=O. The first-order valence-electron chi connectivity index (χ1n) is 7.21. The highest BCUT2D eigenvalue weighted by Crippen LogP contribution is 2.22. The number of nitrogens with one attached hydrogen (secondary N) is 1. The number of para-hydroxylation sites is 1. The highest BCUT2D eigenvalue weighted by atomic mass is 16.5. The Morgan fingerprint density at radius 1 is 1.38 bits per heavy atom. The van der Waals surface area contributed by atoms with E-state index in [0.717, 1.165) is 29.6 Å². The van der Waals surface area contributed by atoms with Crippen LogP contribution in [-0.4, -0.2) is 30.1 Å². The number of primary amides is 1. The summed E-state index contributed by atoms with van der Waals surface area (Å²) >= 11 is 0. The first-order chi connectivity index (χ1) is 10.2. The lowest BCUT2D eigenvalue weighted by atomic mass is 10.2. The molecule has 5 heteroatoms. The lowest BCUT2D eigenvalue weighted by molar-refractivity contribution is -0.120. The van der Waals surface area contributed by atoms with Gasteiger partial charge in [0.15, 0.2) is 0 Å². The Kier molecular flexibility index (Phi) is 5.51. The Balaban J connectivity index is 1.96. The van der Waals surface area contributed by atoms with Crippen molar-refractivity contribution in [3.8, 4) is 5.75 Å². The molecule has 1 amide bonds. The number of pyridine rings is 1. The quantitative estimate of drug-likeness (QED) is 0.777. The largest absolute Gasteiger partial charge is 0.491 e. The molecule has 0 aliphatic heterocycles. The van der Waals surface area contributed by atoms with Crippen molar-refractivity contribution < 1.29 is 9.53 Å². The van der Waals surface area contributed by atoms with Gasteiger partial charge in [0.25, 0.3) is 0 Å². The van der Waals surface area contributed by atoms with E-state index in [1.807, 2.05) is 37.3 Å². The van der Waals surface area contributed by atoms with Gasteiger partial charge in [0.2, 0.25) is 5.91 Å². The molecule has 1 aromatic carbocycles. The fourth-order valence-electron chi connectivity index (χ4n) is 2.14. The molecule has 112 valence electrons. The lowest BCUT2D eigenvalue weighted by Crippen LogP contribution is -2.42. The van der Waals surface area contributed by atoms with Crippen LogP contribution in [0.15, 0.2) is 36.5 Å². The van der Waals surface area contributed by atoms with E-state index in [0.29, 0.717) is 13.0 Å². The standard InChI is InChI=1S/C16H21N3O2/c1-2-9-18-13(16(17)20)8-11-21-14-7-3-5-12-6-4-10-19-15(12)14/h3-7,10,13,18H,2,8-9,11H2,1H3,(H2,17,20). The number of nitrogens with zero attached hydrogens (tertiary/aromatic N) is 1. The normalized spacial score (nSPS) is 12.2. The van der Waals surface area contributed by atoms with Crippen molar-refractivity contribution in [3.63, 3.8) is 0 Å². The fourth-order valence-corrected chi connectivity index (χ4v) is 2.14. The van der Waals surface area contributed by atoms with Crippen LogP contribution in [0.4, 0.5) is 0 Å². The molecule has 2 rings (SSSR count). The van der Waals surface area contributed by atoms with Crippen molar-refractivity contribution in [2.75, 3.05) is 13.2 Å². The molecule has 3 N–H and O–H groups in total. The number of fused-ring (bicyclic) bond motifs is 1. The number of nitrogens with two attached hydrogens (primary N) is 1. The van der Waals surface area contributed by atoms with Gasteiger partial charge in [-0.2, -0.15) is 0 Å². The van der Waals surface area contributed by atoms with Crippen molar-refractivity contribution >= 4 is 16.8 Å². The van der Waals surface area contributed by atoms with Gasteiger partial charge in [-0.25, -0.2) is 0 Å². The third kappa shape index (κ3) is 4.16. The Morgan fingerprint density at radius 3 is 2.95 bits per heavy atom. The summed E-state index contributed by atoms with van der Waals surface area (Å²) in [6.45, 7) is 3.23. The van der Waals surface area contributed by atoms with E-state index in [4.69, 9.17) is 10.5 Å². The fraction of sp³-hybridized carbons (Fsp3) is 0.375. The zero-order valence-corrected chi connectivity index (χ0v) is 12.2. The number of benzene rings is 1. The minimum atomic E-state index is -0.354. The third-order valence-corrected chi connectivity index (χ3v) is 3.24. The molecule has 1 unspecified atom stereocenters. The molecular formula is C16H21N3O2. The summed E-state index contributed by atoms with van der Waals surface area (Å²) in [5.41, 5.74) is 6.21. The molecule has 0 saturated carbocycles. The van der Waals surface area contributed by atoms with Crippen LogP contribution in [0.25, 0.3) is 10.9 Å². The van der Waals surface area contributed by atoms with Gasteiger partial charge in [0.05, 0.1) is 12.6 Å². The monoisotopic (exact) mass is 287 g/mol. The van der Waals surface area contributed by atoms with E-state index in [9.17, 15) is 4.79 Å². The number of hydrogen-bond acceptors (Lipinski definition) is 4. The van der Waals surface area contributed by atoms with Crippen LogP contribution in [0.2, 0.25) is 0 Å². The molecule has 0 spiro atoms. The van der Waals surface area contributed by atoms with E-state index in [1.165, 1.54) is 0 Å². The number of ether oxygens (including phenoxy) is 1. The van der Waals surface area contributed by atoms with Crippen LogP contribution in [0.5, 0.6) is 5.75 Å². The van der Waals surface area contributed by atoms with Gasteiger partial charge < -0.3 is 15.8 Å². The van der Waals surface area contributed by atoms with Gasteiger partial charge in [0.1, 0.15) is 11.3 Å². The van der Waals surface area contributed by atoms with Gasteiger partial charge in [0, 0.05) is 18.0 Å². The Hall–Kier alpha value is -2.14. The molecule has 0 bridgehead atoms. The molecule has 0 saturated heterocycles. The van der Waals surface area contributed by atoms with E-state index >= 15 is 0 Å². The molecule has 1 heterocycles. The van der Waals surface area contributed by atoms with E-state index in [-0.39, 0.29) is 11.9 Å².